The highest BCUT2D eigenvalue weighted by atomic mass is 16.7. The second-order valence-electron chi connectivity index (χ2n) is 5.33. The van der Waals surface area contributed by atoms with Crippen LogP contribution in [-0.2, 0) is 9.47 Å². The molecule has 1 saturated heterocycles. The second kappa shape index (κ2) is 4.13. The number of hydrogen-bond acceptors (Lipinski definition) is 3. The normalized spacial score (nSPS) is 45.1. The van der Waals surface area contributed by atoms with Gasteiger partial charge in [-0.25, -0.2) is 0 Å². The summed E-state index contributed by atoms with van der Waals surface area (Å²) in [6.45, 7) is 8.38. The predicted octanol–water partition coefficient (Wildman–Crippen LogP) is 2.10. The van der Waals surface area contributed by atoms with E-state index in [0.29, 0.717) is 5.92 Å². The monoisotopic (exact) mass is 226 g/mol. The fraction of sp³-hybridized carbons (Fsp3) is 0.846. The molecule has 0 aromatic carbocycles. The minimum atomic E-state index is -0.580. The van der Waals surface area contributed by atoms with Gasteiger partial charge >= 0.3 is 0 Å². The second-order valence-corrected chi connectivity index (χ2v) is 5.33. The van der Waals surface area contributed by atoms with Crippen molar-refractivity contribution >= 4 is 0 Å². The molecule has 0 spiro atoms. The van der Waals surface area contributed by atoms with Crippen LogP contribution in [0, 0.1) is 11.8 Å². The number of hydrogen-bond donors (Lipinski definition) is 1. The Morgan fingerprint density at radius 2 is 2.25 bits per heavy atom. The van der Waals surface area contributed by atoms with E-state index in [2.05, 4.69) is 13.0 Å². The summed E-state index contributed by atoms with van der Waals surface area (Å²) in [6.07, 6.45) is 3.48. The molecule has 16 heavy (non-hydrogen) atoms. The molecule has 0 aromatic heterocycles. The first-order valence-electron chi connectivity index (χ1n) is 6.11. The van der Waals surface area contributed by atoms with E-state index in [1.54, 1.807) is 0 Å². The van der Waals surface area contributed by atoms with E-state index >= 15 is 0 Å². The van der Waals surface area contributed by atoms with Crippen LogP contribution in [-0.4, -0.2) is 29.7 Å². The molecule has 3 nitrogen and oxygen atoms in total. The summed E-state index contributed by atoms with van der Waals surface area (Å²) >= 11 is 0. The highest BCUT2D eigenvalue weighted by Crippen LogP contribution is 2.42. The molecule has 0 aromatic rings. The summed E-state index contributed by atoms with van der Waals surface area (Å²) in [5.74, 6) is -0.0880. The standard InChI is InChI=1S/C13H22O3/c1-8(7-14)12-10(3)11-6-5-9(2)13(4,15-11)16-12/h5,8,10-12,14H,6-7H2,1-4H3/t8-,10+,11-,12-,13-/m1/s1. The van der Waals surface area contributed by atoms with E-state index < -0.39 is 5.79 Å². The third-order valence-corrected chi connectivity index (χ3v) is 4.06. The summed E-state index contributed by atoms with van der Waals surface area (Å²) in [5.41, 5.74) is 1.14. The zero-order valence-electron chi connectivity index (χ0n) is 10.6. The Morgan fingerprint density at radius 3 is 2.88 bits per heavy atom. The van der Waals surface area contributed by atoms with E-state index in [0.717, 1.165) is 12.0 Å². The molecule has 0 aliphatic carbocycles. The molecule has 2 bridgehead atoms. The molecule has 2 aliphatic heterocycles. The number of ether oxygens (including phenoxy) is 2. The lowest BCUT2D eigenvalue weighted by Gasteiger charge is -2.50. The van der Waals surface area contributed by atoms with Gasteiger partial charge in [0.15, 0.2) is 5.79 Å². The minimum Gasteiger partial charge on any atom is -0.396 e. The maximum atomic E-state index is 9.28. The number of aliphatic hydroxyl groups is 1. The number of fused-ring (bicyclic) bond motifs is 2. The van der Waals surface area contributed by atoms with Crippen molar-refractivity contribution in [2.24, 2.45) is 11.8 Å². The average Bonchev–Trinajstić information content (AvgIpc) is 2.27. The lowest BCUT2D eigenvalue weighted by Crippen LogP contribution is -2.56. The summed E-state index contributed by atoms with van der Waals surface area (Å²) in [7, 11) is 0. The van der Waals surface area contributed by atoms with Crippen molar-refractivity contribution in [3.05, 3.63) is 11.6 Å². The van der Waals surface area contributed by atoms with Crippen LogP contribution < -0.4 is 0 Å². The average molecular weight is 226 g/mol. The van der Waals surface area contributed by atoms with Crippen LogP contribution in [0.1, 0.15) is 34.1 Å². The Balaban J connectivity index is 2.24. The van der Waals surface area contributed by atoms with E-state index in [4.69, 9.17) is 9.47 Å². The molecule has 0 unspecified atom stereocenters. The van der Waals surface area contributed by atoms with Crippen LogP contribution >= 0.6 is 0 Å². The molecular weight excluding hydrogens is 204 g/mol. The first kappa shape index (κ1) is 12.1. The summed E-state index contributed by atoms with van der Waals surface area (Å²) in [5, 5.41) is 9.28. The van der Waals surface area contributed by atoms with Crippen molar-refractivity contribution in [3.63, 3.8) is 0 Å². The van der Waals surface area contributed by atoms with Crippen molar-refractivity contribution in [1.29, 1.82) is 0 Å². The Bertz CT molecular complexity index is 300. The summed E-state index contributed by atoms with van der Waals surface area (Å²) < 4.78 is 12.1. The van der Waals surface area contributed by atoms with Gasteiger partial charge in [-0.05, 0) is 25.8 Å². The van der Waals surface area contributed by atoms with E-state index in [-0.39, 0.29) is 24.7 Å². The Kier molecular flexibility index (Phi) is 3.12. The van der Waals surface area contributed by atoms with Crippen LogP contribution in [0.5, 0.6) is 0 Å². The quantitative estimate of drug-likeness (QED) is 0.733. The van der Waals surface area contributed by atoms with Gasteiger partial charge in [-0.3, -0.25) is 0 Å². The lowest BCUT2D eigenvalue weighted by atomic mass is 9.83. The highest BCUT2D eigenvalue weighted by Gasteiger charge is 2.47. The molecule has 2 rings (SSSR count). The third-order valence-electron chi connectivity index (χ3n) is 4.06. The number of rotatable bonds is 2. The Hall–Kier alpha value is -0.380. The molecule has 92 valence electrons. The SMILES string of the molecule is CC1=CC[C@H]2O[C@]1(C)O[C@H]([C@H](C)CO)[C@H]2C. The third kappa shape index (κ3) is 1.81. The van der Waals surface area contributed by atoms with E-state index in [9.17, 15) is 5.11 Å². The number of aliphatic hydroxyl groups excluding tert-OH is 1. The van der Waals surface area contributed by atoms with Gasteiger partial charge in [0, 0.05) is 18.4 Å². The van der Waals surface area contributed by atoms with Gasteiger partial charge in [0.1, 0.15) is 0 Å². The van der Waals surface area contributed by atoms with Gasteiger partial charge in [-0.1, -0.05) is 19.9 Å². The molecule has 1 N–H and O–H groups in total. The van der Waals surface area contributed by atoms with E-state index in [1.807, 2.05) is 20.8 Å². The topological polar surface area (TPSA) is 38.7 Å². The molecule has 5 atom stereocenters. The van der Waals surface area contributed by atoms with Crippen molar-refractivity contribution in [2.75, 3.05) is 6.61 Å². The van der Waals surface area contributed by atoms with Crippen molar-refractivity contribution in [1.82, 2.24) is 0 Å². The minimum absolute atomic E-state index is 0.0809. The lowest BCUT2D eigenvalue weighted by molar-refractivity contribution is -0.322. The fourth-order valence-corrected chi connectivity index (χ4v) is 2.67. The zero-order valence-corrected chi connectivity index (χ0v) is 10.6. The van der Waals surface area contributed by atoms with Crippen LogP contribution in [0.3, 0.4) is 0 Å². The molecule has 1 fully saturated rings. The van der Waals surface area contributed by atoms with Crippen molar-refractivity contribution < 1.29 is 14.6 Å². The van der Waals surface area contributed by atoms with Gasteiger partial charge in [-0.2, -0.15) is 0 Å². The molecular formula is C13H22O3. The summed E-state index contributed by atoms with van der Waals surface area (Å²) in [4.78, 5) is 0. The van der Waals surface area contributed by atoms with Gasteiger partial charge in [-0.15, -0.1) is 0 Å². The smallest absolute Gasteiger partial charge is 0.188 e. The maximum absolute atomic E-state index is 9.28. The first-order valence-corrected chi connectivity index (χ1v) is 6.11. The van der Waals surface area contributed by atoms with Crippen molar-refractivity contribution in [2.45, 2.75) is 52.1 Å². The van der Waals surface area contributed by atoms with Gasteiger partial charge in [0.25, 0.3) is 0 Å². The molecule has 2 heterocycles. The van der Waals surface area contributed by atoms with Crippen LogP contribution in [0.4, 0.5) is 0 Å². The van der Waals surface area contributed by atoms with Gasteiger partial charge in [0.05, 0.1) is 12.2 Å². The Morgan fingerprint density at radius 1 is 1.56 bits per heavy atom. The van der Waals surface area contributed by atoms with Crippen LogP contribution in [0.15, 0.2) is 11.6 Å². The molecule has 0 saturated carbocycles. The molecule has 0 amide bonds. The highest BCUT2D eigenvalue weighted by molar-refractivity contribution is 5.15. The Labute approximate surface area is 97.4 Å². The molecule has 0 radical (unpaired) electrons. The van der Waals surface area contributed by atoms with Crippen LogP contribution in [0.2, 0.25) is 0 Å². The van der Waals surface area contributed by atoms with Gasteiger partial charge < -0.3 is 14.6 Å². The van der Waals surface area contributed by atoms with Crippen LogP contribution in [0.25, 0.3) is 0 Å². The fourth-order valence-electron chi connectivity index (χ4n) is 2.67. The van der Waals surface area contributed by atoms with Gasteiger partial charge in [0.2, 0.25) is 0 Å². The molecule has 3 heteroatoms. The maximum Gasteiger partial charge on any atom is 0.188 e. The predicted molar refractivity (Wildman–Crippen MR) is 61.9 cm³/mol. The van der Waals surface area contributed by atoms with E-state index in [1.165, 1.54) is 0 Å². The largest absolute Gasteiger partial charge is 0.396 e. The first-order chi connectivity index (χ1) is 7.48. The zero-order chi connectivity index (χ0) is 11.9. The summed E-state index contributed by atoms with van der Waals surface area (Å²) in [6, 6.07) is 0. The van der Waals surface area contributed by atoms with Crippen molar-refractivity contribution in [3.8, 4) is 0 Å². The molecule has 2 aliphatic rings.